The van der Waals surface area contributed by atoms with Gasteiger partial charge in [-0.2, -0.15) is 0 Å². The Kier molecular flexibility index (Phi) is 6.80. The molecular formula is C13H24N2O4. The van der Waals surface area contributed by atoms with Crippen molar-refractivity contribution in [2.75, 3.05) is 33.4 Å². The number of ether oxygens (including phenoxy) is 2. The van der Waals surface area contributed by atoms with Crippen LogP contribution in [0.3, 0.4) is 0 Å². The van der Waals surface area contributed by atoms with Gasteiger partial charge in [0.25, 0.3) is 0 Å². The maximum absolute atomic E-state index is 11.8. The minimum Gasteiger partial charge on any atom is -0.469 e. The molecule has 6 nitrogen and oxygen atoms in total. The van der Waals surface area contributed by atoms with E-state index in [1.54, 1.807) is 0 Å². The third-order valence-electron chi connectivity index (χ3n) is 3.19. The van der Waals surface area contributed by atoms with Gasteiger partial charge in [-0.15, -0.1) is 0 Å². The number of carbonyl (C=O) groups excluding carboxylic acids is 2. The summed E-state index contributed by atoms with van der Waals surface area (Å²) in [6.07, 6.45) is 1.11. The van der Waals surface area contributed by atoms with E-state index in [9.17, 15) is 9.59 Å². The highest BCUT2D eigenvalue weighted by atomic mass is 16.5. The molecule has 0 aromatic rings. The molecule has 0 unspecified atom stereocenters. The van der Waals surface area contributed by atoms with Crippen LogP contribution in [-0.4, -0.2) is 62.3 Å². The molecule has 0 spiro atoms. The van der Waals surface area contributed by atoms with Crippen LogP contribution in [0.25, 0.3) is 0 Å². The molecule has 0 aromatic heterocycles. The average Bonchev–Trinajstić information content (AvgIpc) is 2.38. The smallest absolute Gasteiger partial charge is 0.305 e. The zero-order chi connectivity index (χ0) is 14.3. The minimum absolute atomic E-state index is 0.00850. The Bertz CT molecular complexity index is 309. The van der Waals surface area contributed by atoms with E-state index in [0.29, 0.717) is 32.5 Å². The molecule has 0 aliphatic carbocycles. The number of morpholine rings is 1. The van der Waals surface area contributed by atoms with Gasteiger partial charge in [0.2, 0.25) is 5.91 Å². The molecule has 6 heteroatoms. The van der Waals surface area contributed by atoms with Crippen molar-refractivity contribution in [2.24, 2.45) is 0 Å². The molecule has 19 heavy (non-hydrogen) atoms. The fourth-order valence-corrected chi connectivity index (χ4v) is 2.00. The number of nitrogens with one attached hydrogen (secondary N) is 1. The van der Waals surface area contributed by atoms with E-state index in [1.165, 1.54) is 7.11 Å². The van der Waals surface area contributed by atoms with Crippen LogP contribution in [0.5, 0.6) is 0 Å². The van der Waals surface area contributed by atoms with Crippen molar-refractivity contribution in [3.05, 3.63) is 0 Å². The molecule has 0 aromatic carbocycles. The number of rotatable bonds is 6. The maximum atomic E-state index is 11.8. The lowest BCUT2D eigenvalue weighted by molar-refractivity contribution is -0.140. The molecule has 1 amide bonds. The molecule has 1 aliphatic rings. The summed E-state index contributed by atoms with van der Waals surface area (Å²) in [7, 11) is 1.36. The summed E-state index contributed by atoms with van der Waals surface area (Å²) in [5.41, 5.74) is 0. The molecule has 1 saturated heterocycles. The average molecular weight is 272 g/mol. The number of hydrogen-bond donors (Lipinski definition) is 1. The molecule has 1 heterocycles. The first-order valence-electron chi connectivity index (χ1n) is 6.72. The number of amides is 1. The molecule has 2 atom stereocenters. The molecular weight excluding hydrogens is 248 g/mol. The molecule has 110 valence electrons. The molecule has 1 N–H and O–H groups in total. The van der Waals surface area contributed by atoms with Crippen molar-refractivity contribution in [1.82, 2.24) is 10.2 Å². The summed E-state index contributed by atoms with van der Waals surface area (Å²) in [5, 5.41) is 2.82. The summed E-state index contributed by atoms with van der Waals surface area (Å²) in [6, 6.07) is 0.261. The first-order valence-corrected chi connectivity index (χ1v) is 6.72. The highest BCUT2D eigenvalue weighted by Crippen LogP contribution is 2.10. The number of esters is 1. The maximum Gasteiger partial charge on any atom is 0.305 e. The molecule has 1 aliphatic heterocycles. The summed E-state index contributed by atoms with van der Waals surface area (Å²) in [5.74, 6) is -0.254. The van der Waals surface area contributed by atoms with Crippen LogP contribution in [0.2, 0.25) is 0 Å². The third-order valence-corrected chi connectivity index (χ3v) is 3.19. The quantitative estimate of drug-likeness (QED) is 0.551. The van der Waals surface area contributed by atoms with E-state index < -0.39 is 0 Å². The van der Waals surface area contributed by atoms with Crippen molar-refractivity contribution >= 4 is 11.9 Å². The van der Waals surface area contributed by atoms with Crippen molar-refractivity contribution < 1.29 is 19.1 Å². The van der Waals surface area contributed by atoms with E-state index in [-0.39, 0.29) is 24.0 Å². The van der Waals surface area contributed by atoms with Crippen molar-refractivity contribution in [3.63, 3.8) is 0 Å². The van der Waals surface area contributed by atoms with Crippen LogP contribution in [-0.2, 0) is 19.1 Å². The second-order valence-corrected chi connectivity index (χ2v) is 4.95. The lowest BCUT2D eigenvalue weighted by atomic mass is 10.2. The molecule has 0 radical (unpaired) electrons. The molecule has 1 rings (SSSR count). The number of nitrogens with zero attached hydrogens (tertiary/aromatic N) is 1. The van der Waals surface area contributed by atoms with Gasteiger partial charge in [0.1, 0.15) is 0 Å². The van der Waals surface area contributed by atoms with Gasteiger partial charge >= 0.3 is 5.97 Å². The van der Waals surface area contributed by atoms with E-state index in [0.717, 1.165) is 6.54 Å². The van der Waals surface area contributed by atoms with Crippen LogP contribution in [0.1, 0.15) is 26.7 Å². The first-order chi connectivity index (χ1) is 9.02. The fourth-order valence-electron chi connectivity index (χ4n) is 2.00. The minimum atomic E-state index is -0.245. The summed E-state index contributed by atoms with van der Waals surface area (Å²) < 4.78 is 10.0. The lowest BCUT2D eigenvalue weighted by Crippen LogP contribution is -2.51. The fraction of sp³-hybridized carbons (Fsp3) is 0.846. The van der Waals surface area contributed by atoms with Crippen LogP contribution < -0.4 is 5.32 Å². The number of carbonyl (C=O) groups is 2. The van der Waals surface area contributed by atoms with Crippen molar-refractivity contribution in [2.45, 2.75) is 38.8 Å². The molecule has 1 fully saturated rings. The van der Waals surface area contributed by atoms with Gasteiger partial charge in [-0.1, -0.05) is 0 Å². The van der Waals surface area contributed by atoms with Gasteiger partial charge < -0.3 is 14.8 Å². The van der Waals surface area contributed by atoms with Gasteiger partial charge in [0.15, 0.2) is 0 Å². The Morgan fingerprint density at radius 1 is 1.42 bits per heavy atom. The highest BCUT2D eigenvalue weighted by Gasteiger charge is 2.24. The Labute approximate surface area is 114 Å². The first kappa shape index (κ1) is 15.9. The van der Waals surface area contributed by atoms with Crippen LogP contribution in [0.4, 0.5) is 0 Å². The zero-order valence-corrected chi connectivity index (χ0v) is 12.0. The van der Waals surface area contributed by atoms with Gasteiger partial charge in [-0.05, 0) is 20.3 Å². The highest BCUT2D eigenvalue weighted by molar-refractivity contribution is 5.78. The van der Waals surface area contributed by atoms with Gasteiger partial charge in [-0.25, -0.2) is 0 Å². The second-order valence-electron chi connectivity index (χ2n) is 4.95. The van der Waals surface area contributed by atoms with Gasteiger partial charge in [-0.3, -0.25) is 14.5 Å². The summed E-state index contributed by atoms with van der Waals surface area (Å²) >= 11 is 0. The summed E-state index contributed by atoms with van der Waals surface area (Å²) in [4.78, 5) is 24.8. The third kappa shape index (κ3) is 6.02. The topological polar surface area (TPSA) is 67.9 Å². The Balaban J connectivity index is 2.17. The van der Waals surface area contributed by atoms with Crippen molar-refractivity contribution in [1.29, 1.82) is 0 Å². The molecule has 0 saturated carbocycles. The number of methoxy groups -OCH3 is 1. The van der Waals surface area contributed by atoms with E-state index >= 15 is 0 Å². The van der Waals surface area contributed by atoms with Gasteiger partial charge in [0.05, 0.1) is 26.4 Å². The lowest BCUT2D eigenvalue weighted by Gasteiger charge is -2.36. The number of hydrogen-bond acceptors (Lipinski definition) is 5. The van der Waals surface area contributed by atoms with Crippen LogP contribution in [0.15, 0.2) is 0 Å². The Morgan fingerprint density at radius 2 is 2.16 bits per heavy atom. The Hall–Kier alpha value is -1.14. The van der Waals surface area contributed by atoms with E-state index in [2.05, 4.69) is 21.9 Å². The molecule has 0 bridgehead atoms. The van der Waals surface area contributed by atoms with Crippen molar-refractivity contribution in [3.8, 4) is 0 Å². The Morgan fingerprint density at radius 3 is 2.84 bits per heavy atom. The standard InChI is InChI=1S/C13H24N2O4/c1-10-9-19-11(2)7-15(10)8-12(16)14-6-4-5-13(17)18-3/h10-11H,4-9H2,1-3H3,(H,14,16)/t10-,11+/m0/s1. The predicted molar refractivity (Wildman–Crippen MR) is 70.7 cm³/mol. The predicted octanol–water partition coefficient (Wildman–Crippen LogP) is 0.165. The SMILES string of the molecule is COC(=O)CCCNC(=O)CN1C[C@@H](C)OC[C@@H]1C. The summed E-state index contributed by atoms with van der Waals surface area (Å²) in [6.45, 7) is 6.38. The normalized spacial score (nSPS) is 23.9. The van der Waals surface area contributed by atoms with Gasteiger partial charge in [0, 0.05) is 25.6 Å². The monoisotopic (exact) mass is 272 g/mol. The van der Waals surface area contributed by atoms with Crippen LogP contribution >= 0.6 is 0 Å². The largest absolute Gasteiger partial charge is 0.469 e. The van der Waals surface area contributed by atoms with E-state index in [4.69, 9.17) is 4.74 Å². The van der Waals surface area contributed by atoms with Crippen LogP contribution in [0, 0.1) is 0 Å². The van der Waals surface area contributed by atoms with E-state index in [1.807, 2.05) is 6.92 Å². The zero-order valence-electron chi connectivity index (χ0n) is 12.0. The second kappa shape index (κ2) is 8.12.